The Bertz CT molecular complexity index is 770. The number of nitrogens with one attached hydrogen (secondary N) is 1. The van der Waals surface area contributed by atoms with Gasteiger partial charge in [-0.25, -0.2) is 4.79 Å². The van der Waals surface area contributed by atoms with Crippen LogP contribution in [0.5, 0.6) is 0 Å². The molecule has 0 spiro atoms. The van der Waals surface area contributed by atoms with Gasteiger partial charge in [0.05, 0.1) is 0 Å². The quantitative estimate of drug-likeness (QED) is 0.686. The van der Waals surface area contributed by atoms with Crippen LogP contribution in [0.2, 0.25) is 0 Å². The largest absolute Gasteiger partial charge is 0.480 e. The fourth-order valence-corrected chi connectivity index (χ4v) is 4.60. The van der Waals surface area contributed by atoms with Crippen molar-refractivity contribution in [3.05, 3.63) is 12.2 Å². The molecule has 2 aliphatic carbocycles. The number of carboxylic acid groups (broad SMARTS) is 1. The van der Waals surface area contributed by atoms with E-state index in [-0.39, 0.29) is 18.2 Å². The maximum atomic E-state index is 13.1. The van der Waals surface area contributed by atoms with Crippen molar-refractivity contribution in [1.29, 1.82) is 0 Å². The molecule has 0 radical (unpaired) electrons. The minimum absolute atomic E-state index is 0.0494. The number of alkyl halides is 3. The van der Waals surface area contributed by atoms with Gasteiger partial charge >= 0.3 is 18.1 Å². The summed E-state index contributed by atoms with van der Waals surface area (Å²) in [7, 11) is 0. The van der Waals surface area contributed by atoms with E-state index in [2.05, 4.69) is 0 Å². The molecule has 3 aliphatic rings. The molecule has 6 atom stereocenters. The van der Waals surface area contributed by atoms with Crippen LogP contribution >= 0.6 is 0 Å². The summed E-state index contributed by atoms with van der Waals surface area (Å²) in [4.78, 5) is 49.7. The molecule has 0 aromatic heterocycles. The Morgan fingerprint density at radius 2 is 1.75 bits per heavy atom. The van der Waals surface area contributed by atoms with Gasteiger partial charge in [-0.15, -0.1) is 0 Å². The minimum atomic E-state index is -5.17. The summed E-state index contributed by atoms with van der Waals surface area (Å²) >= 11 is 0. The number of fused-ring (bicyclic) bond motifs is 5. The number of hydrogen-bond acceptors (Lipinski definition) is 4. The van der Waals surface area contributed by atoms with E-state index in [0.717, 1.165) is 4.90 Å². The fraction of sp³-hybridized carbons (Fsp3) is 0.667. The Balaban J connectivity index is 1.90. The first-order valence-electron chi connectivity index (χ1n) is 8.88. The second-order valence-corrected chi connectivity index (χ2v) is 8.62. The molecular weight excluding hydrogens is 381 g/mol. The van der Waals surface area contributed by atoms with Crippen LogP contribution in [-0.4, -0.2) is 58.4 Å². The smallest absolute Gasteiger partial charge is 0.471 e. The zero-order chi connectivity index (χ0) is 21.2. The van der Waals surface area contributed by atoms with Crippen LogP contribution in [-0.2, 0) is 19.2 Å². The van der Waals surface area contributed by atoms with Crippen LogP contribution in [0.4, 0.5) is 13.2 Å². The third-order valence-corrected chi connectivity index (χ3v) is 5.84. The van der Waals surface area contributed by atoms with E-state index >= 15 is 0 Å². The van der Waals surface area contributed by atoms with E-state index in [1.807, 2.05) is 0 Å². The minimum Gasteiger partial charge on any atom is -0.480 e. The molecule has 0 unspecified atom stereocenters. The Morgan fingerprint density at radius 3 is 2.25 bits per heavy atom. The van der Waals surface area contributed by atoms with Gasteiger partial charge in [0.25, 0.3) is 0 Å². The van der Waals surface area contributed by atoms with Crippen LogP contribution in [0.1, 0.15) is 20.8 Å². The molecular formula is C18H21F3N2O5. The molecule has 1 heterocycles. The summed E-state index contributed by atoms with van der Waals surface area (Å²) in [5.74, 6) is -6.62. The standard InChI is InChI=1S/C18H21F3N2O5/c1-17(2,3)13(22-16(28)18(19,20)21)14(25)23-6-9-7-4-5-8(12(7)24)10(9)11(23)15(26)27/h4-5,7-11,13H,6H2,1-3H3,(H,22,28)(H,26,27)/t7-,8+,9+,10-,11-,13+/m0/s1. The number of carbonyl (C=O) groups excluding carboxylic acids is 3. The zero-order valence-corrected chi connectivity index (χ0v) is 15.5. The summed E-state index contributed by atoms with van der Waals surface area (Å²) in [6.07, 6.45) is -1.83. The number of ketones is 1. The summed E-state index contributed by atoms with van der Waals surface area (Å²) in [5, 5.41) is 11.4. The van der Waals surface area contributed by atoms with Crippen LogP contribution in [0, 0.1) is 29.1 Å². The molecule has 10 heteroatoms. The predicted molar refractivity (Wildman–Crippen MR) is 88.7 cm³/mol. The topological polar surface area (TPSA) is 104 Å². The lowest BCUT2D eigenvalue weighted by atomic mass is 9.82. The molecule has 28 heavy (non-hydrogen) atoms. The highest BCUT2D eigenvalue weighted by molar-refractivity contribution is 5.97. The van der Waals surface area contributed by atoms with E-state index in [0.29, 0.717) is 0 Å². The molecule has 2 bridgehead atoms. The molecule has 2 amide bonds. The molecule has 1 saturated carbocycles. The Morgan fingerprint density at radius 1 is 1.18 bits per heavy atom. The second kappa shape index (κ2) is 6.31. The van der Waals surface area contributed by atoms with Gasteiger partial charge in [-0.1, -0.05) is 32.9 Å². The molecule has 2 N–H and O–H groups in total. The monoisotopic (exact) mass is 402 g/mol. The lowest BCUT2D eigenvalue weighted by Crippen LogP contribution is -2.59. The fourth-order valence-electron chi connectivity index (χ4n) is 4.60. The van der Waals surface area contributed by atoms with Crippen LogP contribution < -0.4 is 5.32 Å². The number of amides is 2. The Labute approximate surface area is 158 Å². The van der Waals surface area contributed by atoms with E-state index in [9.17, 15) is 37.5 Å². The van der Waals surface area contributed by atoms with Crippen molar-refractivity contribution < 1.29 is 37.5 Å². The number of rotatable bonds is 3. The second-order valence-electron chi connectivity index (χ2n) is 8.62. The summed E-state index contributed by atoms with van der Waals surface area (Å²) in [5.41, 5.74) is -1.09. The highest BCUT2D eigenvalue weighted by atomic mass is 19.4. The van der Waals surface area contributed by atoms with Gasteiger partial charge in [-0.05, 0) is 11.3 Å². The molecule has 1 saturated heterocycles. The van der Waals surface area contributed by atoms with Crippen molar-refractivity contribution in [2.45, 2.75) is 39.0 Å². The van der Waals surface area contributed by atoms with E-state index in [4.69, 9.17) is 0 Å². The highest BCUT2D eigenvalue weighted by Crippen LogP contribution is 2.52. The number of carboxylic acids is 1. The Kier molecular flexibility index (Phi) is 4.59. The lowest BCUT2D eigenvalue weighted by molar-refractivity contribution is -0.176. The highest BCUT2D eigenvalue weighted by Gasteiger charge is 2.62. The molecule has 0 aromatic rings. The number of hydrogen-bond donors (Lipinski definition) is 2. The lowest BCUT2D eigenvalue weighted by Gasteiger charge is -2.35. The molecule has 154 valence electrons. The average molecular weight is 402 g/mol. The average Bonchev–Trinajstić information content (AvgIpc) is 3.17. The predicted octanol–water partition coefficient (Wildman–Crippen LogP) is 0.992. The molecule has 2 fully saturated rings. The van der Waals surface area contributed by atoms with Crippen LogP contribution in [0.25, 0.3) is 0 Å². The first-order valence-corrected chi connectivity index (χ1v) is 8.88. The number of aliphatic carboxylic acids is 1. The van der Waals surface area contributed by atoms with Gasteiger partial charge in [-0.2, -0.15) is 13.2 Å². The van der Waals surface area contributed by atoms with Gasteiger partial charge in [0.15, 0.2) is 0 Å². The summed E-state index contributed by atoms with van der Waals surface area (Å²) < 4.78 is 38.1. The Hall–Kier alpha value is -2.39. The molecule has 3 rings (SSSR count). The number of nitrogens with zero attached hydrogens (tertiary/aromatic N) is 1. The first-order chi connectivity index (χ1) is 12.7. The molecule has 1 aliphatic heterocycles. The normalized spacial score (nSPS) is 32.4. The third-order valence-electron chi connectivity index (χ3n) is 5.84. The van der Waals surface area contributed by atoms with Gasteiger partial charge in [0, 0.05) is 24.3 Å². The van der Waals surface area contributed by atoms with Crippen molar-refractivity contribution in [3.8, 4) is 0 Å². The maximum Gasteiger partial charge on any atom is 0.471 e. The number of Topliss-reactive ketones (excluding diaryl/α,β-unsaturated/α-hetero) is 1. The van der Waals surface area contributed by atoms with Crippen LogP contribution in [0.3, 0.4) is 0 Å². The van der Waals surface area contributed by atoms with Gasteiger partial charge < -0.3 is 15.3 Å². The van der Waals surface area contributed by atoms with Gasteiger partial charge in [0.2, 0.25) is 5.91 Å². The molecule has 7 nitrogen and oxygen atoms in total. The number of halogens is 3. The van der Waals surface area contributed by atoms with E-state index in [1.165, 1.54) is 20.8 Å². The maximum absolute atomic E-state index is 13.1. The van der Waals surface area contributed by atoms with Crippen molar-refractivity contribution >= 4 is 23.6 Å². The zero-order valence-electron chi connectivity index (χ0n) is 15.5. The third kappa shape index (κ3) is 3.08. The van der Waals surface area contributed by atoms with Crippen molar-refractivity contribution in [2.24, 2.45) is 29.1 Å². The first kappa shape index (κ1) is 20.3. The summed E-state index contributed by atoms with van der Waals surface area (Å²) in [6, 6.07) is -2.89. The van der Waals surface area contributed by atoms with Gasteiger partial charge in [0.1, 0.15) is 17.9 Å². The van der Waals surface area contributed by atoms with Crippen LogP contribution in [0.15, 0.2) is 12.2 Å². The SMILES string of the molecule is CC(C)(C)[C@H](NC(=O)C(F)(F)F)C(=O)N1C[C@H]2[C@@H]([C@H]1C(=O)O)[C@H]1C=C[C@@H]2C1=O. The van der Waals surface area contributed by atoms with Gasteiger partial charge in [-0.3, -0.25) is 14.4 Å². The summed E-state index contributed by atoms with van der Waals surface area (Å²) in [6.45, 7) is 4.39. The van der Waals surface area contributed by atoms with Crippen molar-refractivity contribution in [2.75, 3.05) is 6.54 Å². The van der Waals surface area contributed by atoms with Crippen molar-refractivity contribution in [3.63, 3.8) is 0 Å². The number of likely N-dealkylation sites (tertiary alicyclic amines) is 1. The molecule has 0 aromatic carbocycles. The van der Waals surface area contributed by atoms with Crippen molar-refractivity contribution in [1.82, 2.24) is 10.2 Å². The van der Waals surface area contributed by atoms with E-state index < -0.39 is 59.2 Å². The number of carbonyl (C=O) groups is 4. The number of allylic oxidation sites excluding steroid dienone is 2. The van der Waals surface area contributed by atoms with E-state index in [1.54, 1.807) is 17.5 Å².